The maximum atomic E-state index is 13.0. The SMILES string of the molecule is COC(=O)CCC(=O)N[C@@H](Cc1ccccc1C(F)(F)F)C(=O)OC. The molecule has 9 heteroatoms. The van der Waals surface area contributed by atoms with Gasteiger partial charge in [0, 0.05) is 12.8 Å². The van der Waals surface area contributed by atoms with E-state index in [1.54, 1.807) is 0 Å². The van der Waals surface area contributed by atoms with E-state index in [2.05, 4.69) is 14.8 Å². The highest BCUT2D eigenvalue weighted by molar-refractivity contribution is 5.86. The summed E-state index contributed by atoms with van der Waals surface area (Å²) in [6, 6.07) is 3.44. The van der Waals surface area contributed by atoms with Crippen molar-refractivity contribution in [3.05, 3.63) is 35.4 Å². The first kappa shape index (κ1) is 20.5. The highest BCUT2D eigenvalue weighted by Crippen LogP contribution is 2.32. The summed E-state index contributed by atoms with van der Waals surface area (Å²) in [7, 11) is 2.22. The second-order valence-electron chi connectivity index (χ2n) is 5.08. The van der Waals surface area contributed by atoms with Crippen LogP contribution in [0.25, 0.3) is 0 Å². The van der Waals surface area contributed by atoms with Crippen molar-refractivity contribution in [3.63, 3.8) is 0 Å². The molecular formula is C16H18F3NO5. The first-order valence-electron chi connectivity index (χ1n) is 7.28. The normalized spacial score (nSPS) is 12.2. The van der Waals surface area contributed by atoms with Crippen LogP contribution in [0, 0.1) is 0 Å². The number of halogens is 3. The molecule has 0 aliphatic heterocycles. The molecule has 1 aromatic carbocycles. The van der Waals surface area contributed by atoms with Gasteiger partial charge in [-0.3, -0.25) is 9.59 Å². The van der Waals surface area contributed by atoms with Crippen LogP contribution in [0.5, 0.6) is 0 Å². The number of hydrogen-bond donors (Lipinski definition) is 1. The Morgan fingerprint density at radius 1 is 1.08 bits per heavy atom. The molecule has 1 N–H and O–H groups in total. The smallest absolute Gasteiger partial charge is 0.416 e. The lowest BCUT2D eigenvalue weighted by Gasteiger charge is -2.19. The molecular weight excluding hydrogens is 343 g/mol. The molecule has 0 radical (unpaired) electrons. The second-order valence-corrected chi connectivity index (χ2v) is 5.08. The Kier molecular flexibility index (Phi) is 7.41. The first-order chi connectivity index (χ1) is 11.7. The van der Waals surface area contributed by atoms with Crippen LogP contribution in [0.1, 0.15) is 24.0 Å². The summed E-state index contributed by atoms with van der Waals surface area (Å²) in [5.41, 5.74) is -1.05. The summed E-state index contributed by atoms with van der Waals surface area (Å²) < 4.78 is 48.0. The van der Waals surface area contributed by atoms with Crippen molar-refractivity contribution >= 4 is 17.8 Å². The molecule has 0 aliphatic rings. The average molecular weight is 361 g/mol. The quantitative estimate of drug-likeness (QED) is 0.750. The summed E-state index contributed by atoms with van der Waals surface area (Å²) >= 11 is 0. The predicted octanol–water partition coefficient (Wildman–Crippen LogP) is 1.86. The third kappa shape index (κ3) is 6.44. The van der Waals surface area contributed by atoms with Crippen LogP contribution < -0.4 is 5.32 Å². The minimum atomic E-state index is -4.59. The fourth-order valence-corrected chi connectivity index (χ4v) is 2.11. The zero-order valence-electron chi connectivity index (χ0n) is 13.7. The molecule has 0 bridgehead atoms. The van der Waals surface area contributed by atoms with E-state index >= 15 is 0 Å². The van der Waals surface area contributed by atoms with Crippen molar-refractivity contribution in [3.8, 4) is 0 Å². The van der Waals surface area contributed by atoms with Crippen molar-refractivity contribution in [2.75, 3.05) is 14.2 Å². The number of alkyl halides is 3. The molecule has 0 fully saturated rings. The number of benzene rings is 1. The number of ether oxygens (including phenoxy) is 2. The highest BCUT2D eigenvalue weighted by Gasteiger charge is 2.34. The van der Waals surface area contributed by atoms with Crippen molar-refractivity contribution < 1.29 is 37.0 Å². The molecule has 25 heavy (non-hydrogen) atoms. The van der Waals surface area contributed by atoms with Crippen LogP contribution >= 0.6 is 0 Å². The van der Waals surface area contributed by atoms with E-state index in [0.717, 1.165) is 20.3 Å². The topological polar surface area (TPSA) is 81.7 Å². The molecule has 0 spiro atoms. The van der Waals surface area contributed by atoms with Gasteiger partial charge in [0.15, 0.2) is 0 Å². The lowest BCUT2D eigenvalue weighted by molar-refractivity contribution is -0.146. The van der Waals surface area contributed by atoms with Gasteiger partial charge in [0.25, 0.3) is 0 Å². The Balaban J connectivity index is 2.90. The van der Waals surface area contributed by atoms with E-state index in [-0.39, 0.29) is 18.4 Å². The van der Waals surface area contributed by atoms with E-state index in [1.165, 1.54) is 18.2 Å². The zero-order valence-corrected chi connectivity index (χ0v) is 13.7. The number of hydrogen-bond acceptors (Lipinski definition) is 5. The molecule has 0 aromatic heterocycles. The Bertz CT molecular complexity index is 630. The molecule has 6 nitrogen and oxygen atoms in total. The van der Waals surface area contributed by atoms with Crippen molar-refractivity contribution in [1.29, 1.82) is 0 Å². The number of nitrogens with one attached hydrogen (secondary N) is 1. The molecule has 0 unspecified atom stereocenters. The van der Waals surface area contributed by atoms with E-state index in [1.807, 2.05) is 0 Å². The van der Waals surface area contributed by atoms with E-state index in [0.29, 0.717) is 0 Å². The molecule has 0 saturated heterocycles. The molecule has 1 amide bonds. The maximum absolute atomic E-state index is 13.0. The van der Waals surface area contributed by atoms with Gasteiger partial charge in [-0.2, -0.15) is 13.2 Å². The standard InChI is InChI=1S/C16H18F3NO5/c1-24-14(22)8-7-13(21)20-12(15(23)25-2)9-10-5-3-4-6-11(10)16(17,18)19/h3-6,12H,7-9H2,1-2H3,(H,20,21)/t12-/m0/s1. The fourth-order valence-electron chi connectivity index (χ4n) is 2.11. The summed E-state index contributed by atoms with van der Waals surface area (Å²) in [6.45, 7) is 0. The molecule has 138 valence electrons. The average Bonchev–Trinajstić information content (AvgIpc) is 2.57. The first-order valence-corrected chi connectivity index (χ1v) is 7.28. The number of esters is 2. The van der Waals surface area contributed by atoms with Gasteiger partial charge in [-0.25, -0.2) is 4.79 Å². The third-order valence-corrected chi connectivity index (χ3v) is 3.35. The number of carbonyl (C=O) groups is 3. The van der Waals surface area contributed by atoms with Crippen molar-refractivity contribution in [1.82, 2.24) is 5.32 Å². The summed E-state index contributed by atoms with van der Waals surface area (Å²) in [4.78, 5) is 34.6. The van der Waals surface area contributed by atoms with Gasteiger partial charge >= 0.3 is 18.1 Å². The van der Waals surface area contributed by atoms with Crippen LogP contribution in [0.3, 0.4) is 0 Å². The summed E-state index contributed by atoms with van der Waals surface area (Å²) in [5.74, 6) is -2.18. The van der Waals surface area contributed by atoms with E-state index in [4.69, 9.17) is 0 Å². The number of methoxy groups -OCH3 is 2. The Morgan fingerprint density at radius 2 is 1.72 bits per heavy atom. The van der Waals surface area contributed by atoms with Crippen LogP contribution in [-0.2, 0) is 36.5 Å². The Morgan fingerprint density at radius 3 is 2.28 bits per heavy atom. The van der Waals surface area contributed by atoms with Gasteiger partial charge in [-0.15, -0.1) is 0 Å². The lowest BCUT2D eigenvalue weighted by Crippen LogP contribution is -2.43. The molecule has 0 heterocycles. The van der Waals surface area contributed by atoms with Gasteiger partial charge in [-0.05, 0) is 11.6 Å². The maximum Gasteiger partial charge on any atom is 0.416 e. The van der Waals surface area contributed by atoms with Crippen LogP contribution in [-0.4, -0.2) is 38.1 Å². The monoisotopic (exact) mass is 361 g/mol. The van der Waals surface area contributed by atoms with Crippen LogP contribution in [0.4, 0.5) is 13.2 Å². The third-order valence-electron chi connectivity index (χ3n) is 3.35. The predicted molar refractivity (Wildman–Crippen MR) is 80.3 cm³/mol. The second kappa shape index (κ2) is 9.05. The van der Waals surface area contributed by atoms with Crippen LogP contribution in [0.2, 0.25) is 0 Å². The van der Waals surface area contributed by atoms with Gasteiger partial charge in [0.1, 0.15) is 6.04 Å². The fraction of sp³-hybridized carbons (Fsp3) is 0.438. The van der Waals surface area contributed by atoms with E-state index < -0.39 is 42.0 Å². The largest absolute Gasteiger partial charge is 0.469 e. The highest BCUT2D eigenvalue weighted by atomic mass is 19.4. The Labute approximate surface area is 142 Å². The van der Waals surface area contributed by atoms with Gasteiger partial charge < -0.3 is 14.8 Å². The van der Waals surface area contributed by atoms with Gasteiger partial charge in [-0.1, -0.05) is 18.2 Å². The minimum absolute atomic E-state index is 0.154. The zero-order chi connectivity index (χ0) is 19.0. The number of rotatable bonds is 7. The molecule has 1 rings (SSSR count). The van der Waals surface area contributed by atoms with Gasteiger partial charge in [0.05, 0.1) is 26.2 Å². The molecule has 0 saturated carbocycles. The molecule has 0 aliphatic carbocycles. The summed E-state index contributed by atoms with van der Waals surface area (Å²) in [5, 5.41) is 2.29. The number of carbonyl (C=O) groups excluding carboxylic acids is 3. The van der Waals surface area contributed by atoms with Crippen LogP contribution in [0.15, 0.2) is 24.3 Å². The Hall–Kier alpha value is -2.58. The van der Waals surface area contributed by atoms with Gasteiger partial charge in [0.2, 0.25) is 5.91 Å². The molecule has 1 atom stereocenters. The lowest BCUT2D eigenvalue weighted by atomic mass is 9.99. The minimum Gasteiger partial charge on any atom is -0.469 e. The molecule has 1 aromatic rings. The number of amides is 1. The van der Waals surface area contributed by atoms with Crippen molar-refractivity contribution in [2.24, 2.45) is 0 Å². The van der Waals surface area contributed by atoms with E-state index in [9.17, 15) is 27.6 Å². The summed E-state index contributed by atoms with van der Waals surface area (Å²) in [6.07, 6.45) is -5.46. The van der Waals surface area contributed by atoms with Crippen molar-refractivity contribution in [2.45, 2.75) is 31.5 Å².